The highest BCUT2D eigenvalue weighted by Crippen LogP contribution is 2.23. The fourth-order valence-corrected chi connectivity index (χ4v) is 3.28. The molecule has 0 aliphatic rings. The van der Waals surface area contributed by atoms with Crippen LogP contribution in [-0.2, 0) is 12.8 Å². The summed E-state index contributed by atoms with van der Waals surface area (Å²) in [5.74, 6) is -1.04. The van der Waals surface area contributed by atoms with Gasteiger partial charge in [-0.05, 0) is 60.8 Å². The van der Waals surface area contributed by atoms with Crippen LogP contribution >= 0.6 is 23.5 Å². The Morgan fingerprint density at radius 2 is 1.55 bits per heavy atom. The Morgan fingerprint density at radius 3 is 2.05 bits per heavy atom. The van der Waals surface area contributed by atoms with Crippen LogP contribution in [0.2, 0.25) is 0 Å². The quantitative estimate of drug-likeness (QED) is 0.591. The molecular formula is C16H20O4S2-2. The first kappa shape index (κ1) is 18.9. The molecule has 1 aromatic carbocycles. The van der Waals surface area contributed by atoms with Gasteiger partial charge in [0.1, 0.15) is 0 Å². The predicted molar refractivity (Wildman–Crippen MR) is 88.5 cm³/mol. The molecule has 0 aliphatic carbocycles. The van der Waals surface area contributed by atoms with Crippen molar-refractivity contribution in [2.24, 2.45) is 0 Å². The third kappa shape index (κ3) is 5.25. The molecule has 0 radical (unpaired) electrons. The van der Waals surface area contributed by atoms with Crippen LogP contribution in [0.4, 0.5) is 0 Å². The van der Waals surface area contributed by atoms with E-state index < -0.39 is 11.9 Å². The third-order valence-electron chi connectivity index (χ3n) is 3.40. The molecule has 0 heterocycles. The summed E-state index contributed by atoms with van der Waals surface area (Å²) in [6.07, 6.45) is 7.01. The van der Waals surface area contributed by atoms with Crippen LogP contribution in [-0.4, -0.2) is 36.0 Å². The first-order chi connectivity index (χ1) is 10.5. The molecule has 0 saturated carbocycles. The SMILES string of the molecule is CSCCCc1ccc(C(=O)[O-])c(C(=O)[O-])c1CCCSC. The molecule has 0 atom stereocenters. The van der Waals surface area contributed by atoms with Gasteiger partial charge in [0, 0.05) is 11.1 Å². The van der Waals surface area contributed by atoms with E-state index in [1.54, 1.807) is 29.6 Å². The first-order valence-corrected chi connectivity index (χ1v) is 9.87. The molecule has 6 heteroatoms. The predicted octanol–water partition coefficient (Wildman–Crippen LogP) is 1.00. The molecule has 122 valence electrons. The van der Waals surface area contributed by atoms with E-state index in [-0.39, 0.29) is 11.1 Å². The number of carboxylic acid groups (broad SMARTS) is 2. The molecule has 22 heavy (non-hydrogen) atoms. The molecule has 0 unspecified atom stereocenters. The van der Waals surface area contributed by atoms with Gasteiger partial charge in [0.15, 0.2) is 0 Å². The minimum absolute atomic E-state index is 0.206. The number of carbonyl (C=O) groups is 2. The Balaban J connectivity index is 3.21. The highest BCUT2D eigenvalue weighted by molar-refractivity contribution is 7.98. The monoisotopic (exact) mass is 340 g/mol. The standard InChI is InChI=1S/C16H22O4S2/c1-21-9-3-5-11-7-8-13(15(17)18)14(16(19)20)12(11)6-4-10-22-2/h7-8H,3-6,9-10H2,1-2H3,(H,17,18)(H,19,20)/p-2. The van der Waals surface area contributed by atoms with Gasteiger partial charge >= 0.3 is 0 Å². The molecule has 0 aromatic heterocycles. The average molecular weight is 340 g/mol. The van der Waals surface area contributed by atoms with Crippen LogP contribution in [0.5, 0.6) is 0 Å². The lowest BCUT2D eigenvalue weighted by Crippen LogP contribution is -2.31. The first-order valence-electron chi connectivity index (χ1n) is 7.08. The summed E-state index contributed by atoms with van der Waals surface area (Å²) in [4.78, 5) is 22.6. The Bertz CT molecular complexity index is 529. The van der Waals surface area contributed by atoms with Crippen LogP contribution in [0.1, 0.15) is 44.7 Å². The summed E-state index contributed by atoms with van der Waals surface area (Å²) in [5, 5.41) is 22.6. The van der Waals surface area contributed by atoms with Gasteiger partial charge in [-0.2, -0.15) is 23.5 Å². The Kier molecular flexibility index (Phi) is 8.42. The van der Waals surface area contributed by atoms with Crippen molar-refractivity contribution in [3.8, 4) is 0 Å². The fourth-order valence-electron chi connectivity index (χ4n) is 2.41. The number of hydrogen-bond donors (Lipinski definition) is 0. The molecule has 0 fully saturated rings. The van der Waals surface area contributed by atoms with Crippen molar-refractivity contribution in [3.63, 3.8) is 0 Å². The van der Waals surface area contributed by atoms with Crippen molar-refractivity contribution < 1.29 is 19.8 Å². The molecule has 4 nitrogen and oxygen atoms in total. The van der Waals surface area contributed by atoms with E-state index in [2.05, 4.69) is 0 Å². The van der Waals surface area contributed by atoms with E-state index in [4.69, 9.17) is 0 Å². The van der Waals surface area contributed by atoms with E-state index in [1.807, 2.05) is 12.5 Å². The topological polar surface area (TPSA) is 80.3 Å². The fraction of sp³-hybridized carbons (Fsp3) is 0.500. The van der Waals surface area contributed by atoms with Crippen LogP contribution in [0.15, 0.2) is 12.1 Å². The molecule has 0 amide bonds. The molecule has 0 saturated heterocycles. The second-order valence-electron chi connectivity index (χ2n) is 4.89. The lowest BCUT2D eigenvalue weighted by atomic mass is 9.91. The zero-order valence-electron chi connectivity index (χ0n) is 12.8. The van der Waals surface area contributed by atoms with Crippen LogP contribution in [0.3, 0.4) is 0 Å². The summed E-state index contributed by atoms with van der Waals surface area (Å²) < 4.78 is 0. The van der Waals surface area contributed by atoms with Gasteiger partial charge in [-0.3, -0.25) is 0 Å². The summed E-state index contributed by atoms with van der Waals surface area (Å²) in [6, 6.07) is 3.04. The van der Waals surface area contributed by atoms with E-state index in [9.17, 15) is 19.8 Å². The zero-order chi connectivity index (χ0) is 16.5. The molecular weight excluding hydrogens is 320 g/mol. The van der Waals surface area contributed by atoms with Crippen molar-refractivity contribution in [1.29, 1.82) is 0 Å². The van der Waals surface area contributed by atoms with Gasteiger partial charge < -0.3 is 19.8 Å². The minimum Gasteiger partial charge on any atom is -0.545 e. The van der Waals surface area contributed by atoms with Crippen molar-refractivity contribution >= 4 is 35.5 Å². The Hall–Kier alpha value is -1.14. The van der Waals surface area contributed by atoms with Crippen molar-refractivity contribution in [2.45, 2.75) is 25.7 Å². The smallest absolute Gasteiger partial charge is 0.0724 e. The summed E-state index contributed by atoms with van der Waals surface area (Å²) in [6.45, 7) is 0. The number of rotatable bonds is 10. The lowest BCUT2D eigenvalue weighted by molar-refractivity contribution is -0.259. The average Bonchev–Trinajstić information content (AvgIpc) is 2.47. The lowest BCUT2D eigenvalue weighted by Gasteiger charge is -2.20. The highest BCUT2D eigenvalue weighted by Gasteiger charge is 2.15. The maximum Gasteiger partial charge on any atom is 0.0724 e. The van der Waals surface area contributed by atoms with E-state index in [0.29, 0.717) is 12.0 Å². The number of aromatic carboxylic acids is 2. The molecule has 1 aromatic rings. The number of aryl methyl sites for hydroxylation is 1. The third-order valence-corrected chi connectivity index (χ3v) is 4.80. The van der Waals surface area contributed by atoms with E-state index >= 15 is 0 Å². The maximum atomic E-state index is 11.5. The maximum absolute atomic E-state index is 11.5. The van der Waals surface area contributed by atoms with Gasteiger partial charge in [-0.15, -0.1) is 0 Å². The number of carboxylic acids is 2. The molecule has 0 N–H and O–H groups in total. The molecule has 0 spiro atoms. The molecule has 1 rings (SSSR count). The number of hydrogen-bond acceptors (Lipinski definition) is 6. The summed E-state index contributed by atoms with van der Waals surface area (Å²) in [7, 11) is 0. The van der Waals surface area contributed by atoms with Gasteiger partial charge in [-0.1, -0.05) is 12.1 Å². The number of thioether (sulfide) groups is 2. The largest absolute Gasteiger partial charge is 0.545 e. The van der Waals surface area contributed by atoms with Crippen LogP contribution in [0.25, 0.3) is 0 Å². The summed E-state index contributed by atoms with van der Waals surface area (Å²) >= 11 is 3.41. The van der Waals surface area contributed by atoms with Gasteiger partial charge in [0.05, 0.1) is 11.9 Å². The van der Waals surface area contributed by atoms with Gasteiger partial charge in [0.2, 0.25) is 0 Å². The van der Waals surface area contributed by atoms with Crippen LogP contribution < -0.4 is 10.2 Å². The highest BCUT2D eigenvalue weighted by atomic mass is 32.2. The second kappa shape index (κ2) is 9.79. The van der Waals surface area contributed by atoms with Crippen molar-refractivity contribution in [3.05, 3.63) is 34.4 Å². The number of benzene rings is 1. The van der Waals surface area contributed by atoms with E-state index in [0.717, 1.165) is 36.3 Å². The zero-order valence-corrected chi connectivity index (χ0v) is 14.5. The van der Waals surface area contributed by atoms with Crippen molar-refractivity contribution in [2.75, 3.05) is 24.0 Å². The summed E-state index contributed by atoms with van der Waals surface area (Å²) in [5.41, 5.74) is 1.01. The van der Waals surface area contributed by atoms with Gasteiger partial charge in [-0.25, -0.2) is 0 Å². The minimum atomic E-state index is -1.47. The van der Waals surface area contributed by atoms with Gasteiger partial charge in [0.25, 0.3) is 0 Å². The number of carbonyl (C=O) groups excluding carboxylic acids is 2. The molecule has 0 bridgehead atoms. The van der Waals surface area contributed by atoms with Crippen LogP contribution in [0, 0.1) is 0 Å². The Labute approximate surface area is 139 Å². The molecule has 0 aliphatic heterocycles. The normalized spacial score (nSPS) is 10.6. The second-order valence-corrected chi connectivity index (χ2v) is 6.86. The Morgan fingerprint density at radius 1 is 0.955 bits per heavy atom. The van der Waals surface area contributed by atoms with E-state index in [1.165, 1.54) is 6.07 Å². The van der Waals surface area contributed by atoms with Crippen molar-refractivity contribution in [1.82, 2.24) is 0 Å².